The zero-order chi connectivity index (χ0) is 21.5. The molecule has 4 rings (SSSR count). The number of aromatic nitrogens is 2. The van der Waals surface area contributed by atoms with Crippen LogP contribution in [0.15, 0.2) is 67.1 Å². The molecular weight excluding hydrogens is 388 g/mol. The fourth-order valence-corrected chi connectivity index (χ4v) is 3.95. The van der Waals surface area contributed by atoms with Crippen molar-refractivity contribution >= 4 is 5.78 Å². The molecule has 0 amide bonds. The molecule has 1 saturated heterocycles. The molecule has 1 aliphatic heterocycles. The van der Waals surface area contributed by atoms with Crippen LogP contribution in [0.5, 0.6) is 0 Å². The van der Waals surface area contributed by atoms with Crippen LogP contribution >= 0.6 is 0 Å². The van der Waals surface area contributed by atoms with Crippen LogP contribution in [0.25, 0.3) is 5.69 Å². The summed E-state index contributed by atoms with van der Waals surface area (Å²) in [5.74, 6) is 0.0880. The van der Waals surface area contributed by atoms with Crippen molar-refractivity contribution in [2.45, 2.75) is 20.0 Å². The number of nitrogens with zero attached hydrogens (tertiary/aromatic N) is 4. The molecule has 0 atom stereocenters. The van der Waals surface area contributed by atoms with Gasteiger partial charge in [-0.15, -0.1) is 0 Å². The van der Waals surface area contributed by atoms with Crippen molar-refractivity contribution in [2.24, 2.45) is 0 Å². The lowest BCUT2D eigenvalue weighted by Crippen LogP contribution is -2.41. The molecule has 1 aliphatic rings. The minimum Gasteiger partial charge on any atom is -0.379 e. The number of rotatable bonds is 9. The maximum absolute atomic E-state index is 11.6. The maximum Gasteiger partial charge on any atom is 0.159 e. The van der Waals surface area contributed by atoms with Gasteiger partial charge in [0, 0.05) is 74.8 Å². The van der Waals surface area contributed by atoms with E-state index < -0.39 is 0 Å². The number of carbonyl (C=O) groups is 1. The number of pyridine rings is 1. The number of benzene rings is 1. The SMILES string of the molecule is CC(=O)c1ccc(-n2cccc2CN(CCN2CCOCC2)Cc2cccnc2)cc1. The van der Waals surface area contributed by atoms with Crippen molar-refractivity contribution in [2.75, 3.05) is 39.4 Å². The highest BCUT2D eigenvalue weighted by Crippen LogP contribution is 2.17. The third-order valence-corrected chi connectivity index (χ3v) is 5.74. The number of carbonyl (C=O) groups excluding carboxylic acids is 1. The standard InChI is InChI=1S/C25H30N4O2/c1-21(30)23-6-8-24(9-7-23)29-11-3-5-25(29)20-28(19-22-4-2-10-26-18-22)13-12-27-14-16-31-17-15-27/h2-11,18H,12-17,19-20H2,1H3. The van der Waals surface area contributed by atoms with Crippen LogP contribution in [0.1, 0.15) is 28.5 Å². The normalized spacial score (nSPS) is 14.8. The fraction of sp³-hybridized carbons (Fsp3) is 0.360. The first kappa shape index (κ1) is 21.4. The van der Waals surface area contributed by atoms with E-state index in [4.69, 9.17) is 4.74 Å². The van der Waals surface area contributed by atoms with Crippen LogP contribution in [-0.2, 0) is 17.8 Å². The highest BCUT2D eigenvalue weighted by atomic mass is 16.5. The Morgan fingerprint density at radius 1 is 1.06 bits per heavy atom. The Kier molecular flexibility index (Phi) is 7.25. The molecule has 162 valence electrons. The van der Waals surface area contributed by atoms with Crippen molar-refractivity contribution in [1.82, 2.24) is 19.4 Å². The quantitative estimate of drug-likeness (QED) is 0.499. The van der Waals surface area contributed by atoms with E-state index in [1.165, 1.54) is 11.3 Å². The summed E-state index contributed by atoms with van der Waals surface area (Å²) in [5, 5.41) is 0. The molecule has 3 aromatic rings. The van der Waals surface area contributed by atoms with Gasteiger partial charge in [-0.1, -0.05) is 6.07 Å². The van der Waals surface area contributed by atoms with Gasteiger partial charge in [-0.3, -0.25) is 19.6 Å². The predicted octanol–water partition coefficient (Wildman–Crippen LogP) is 3.41. The lowest BCUT2D eigenvalue weighted by atomic mass is 10.1. The van der Waals surface area contributed by atoms with E-state index in [9.17, 15) is 4.79 Å². The van der Waals surface area contributed by atoms with Crippen LogP contribution in [0, 0.1) is 0 Å². The van der Waals surface area contributed by atoms with Gasteiger partial charge < -0.3 is 9.30 Å². The van der Waals surface area contributed by atoms with Gasteiger partial charge in [0.25, 0.3) is 0 Å². The van der Waals surface area contributed by atoms with Gasteiger partial charge in [0.15, 0.2) is 5.78 Å². The van der Waals surface area contributed by atoms with Crippen molar-refractivity contribution in [3.8, 4) is 5.69 Å². The van der Waals surface area contributed by atoms with Gasteiger partial charge in [-0.2, -0.15) is 0 Å². The molecule has 3 heterocycles. The van der Waals surface area contributed by atoms with E-state index in [0.29, 0.717) is 0 Å². The lowest BCUT2D eigenvalue weighted by molar-refractivity contribution is 0.0324. The lowest BCUT2D eigenvalue weighted by Gasteiger charge is -2.30. The largest absolute Gasteiger partial charge is 0.379 e. The molecule has 31 heavy (non-hydrogen) atoms. The molecule has 0 N–H and O–H groups in total. The number of Topliss-reactive ketones (excluding diaryl/α,β-unsaturated/α-hetero) is 1. The average molecular weight is 419 g/mol. The summed E-state index contributed by atoms with van der Waals surface area (Å²) in [4.78, 5) is 20.8. The molecule has 0 aliphatic carbocycles. The van der Waals surface area contributed by atoms with Gasteiger partial charge >= 0.3 is 0 Å². The summed E-state index contributed by atoms with van der Waals surface area (Å²) < 4.78 is 7.69. The average Bonchev–Trinajstić information content (AvgIpc) is 3.27. The van der Waals surface area contributed by atoms with E-state index in [1.807, 2.05) is 42.7 Å². The summed E-state index contributed by atoms with van der Waals surface area (Å²) in [5.41, 5.74) is 4.25. The highest BCUT2D eigenvalue weighted by Gasteiger charge is 2.15. The molecule has 0 bridgehead atoms. The third kappa shape index (κ3) is 5.88. The number of hydrogen-bond acceptors (Lipinski definition) is 5. The van der Waals surface area contributed by atoms with Crippen LogP contribution in [0.4, 0.5) is 0 Å². The van der Waals surface area contributed by atoms with E-state index >= 15 is 0 Å². The van der Waals surface area contributed by atoms with Crippen LogP contribution in [0.3, 0.4) is 0 Å². The Morgan fingerprint density at radius 2 is 1.87 bits per heavy atom. The Bertz CT molecular complexity index is 963. The van der Waals surface area contributed by atoms with Crippen LogP contribution in [0.2, 0.25) is 0 Å². The summed E-state index contributed by atoms with van der Waals surface area (Å²) in [7, 11) is 0. The van der Waals surface area contributed by atoms with Gasteiger partial charge in [-0.25, -0.2) is 0 Å². The smallest absolute Gasteiger partial charge is 0.159 e. The summed E-state index contributed by atoms with van der Waals surface area (Å²) in [6.07, 6.45) is 5.85. The van der Waals surface area contributed by atoms with Crippen LogP contribution in [-0.4, -0.2) is 64.5 Å². The van der Waals surface area contributed by atoms with Crippen LogP contribution < -0.4 is 0 Å². The molecule has 1 fully saturated rings. The van der Waals surface area contributed by atoms with Gasteiger partial charge in [0.1, 0.15) is 0 Å². The molecule has 0 saturated carbocycles. The second-order valence-electron chi connectivity index (χ2n) is 8.00. The topological polar surface area (TPSA) is 50.6 Å². The number of morpholine rings is 1. The molecule has 2 aromatic heterocycles. The number of hydrogen-bond donors (Lipinski definition) is 0. The van der Waals surface area contributed by atoms with Crippen molar-refractivity contribution < 1.29 is 9.53 Å². The van der Waals surface area contributed by atoms with Gasteiger partial charge in [0.2, 0.25) is 0 Å². The summed E-state index contributed by atoms with van der Waals surface area (Å²) in [6.45, 7) is 8.93. The Balaban J connectivity index is 1.49. The Labute approximate surface area is 184 Å². The molecule has 1 aromatic carbocycles. The van der Waals surface area contributed by atoms with Crippen molar-refractivity contribution in [1.29, 1.82) is 0 Å². The second kappa shape index (κ2) is 10.5. The monoisotopic (exact) mass is 418 g/mol. The number of ether oxygens (including phenoxy) is 1. The fourth-order valence-electron chi connectivity index (χ4n) is 3.95. The molecule has 0 spiro atoms. The Hall–Kier alpha value is -2.80. The first-order chi connectivity index (χ1) is 15.2. The van der Waals surface area contributed by atoms with E-state index in [-0.39, 0.29) is 5.78 Å². The zero-order valence-corrected chi connectivity index (χ0v) is 18.1. The maximum atomic E-state index is 11.6. The van der Waals surface area contributed by atoms with Crippen molar-refractivity contribution in [3.63, 3.8) is 0 Å². The molecular formula is C25H30N4O2. The van der Waals surface area contributed by atoms with Gasteiger partial charge in [0.05, 0.1) is 13.2 Å². The van der Waals surface area contributed by atoms with Gasteiger partial charge in [-0.05, 0) is 55.0 Å². The minimum atomic E-state index is 0.0880. The molecule has 6 heteroatoms. The van der Waals surface area contributed by atoms with Crippen molar-refractivity contribution in [3.05, 3.63) is 83.9 Å². The summed E-state index contributed by atoms with van der Waals surface area (Å²) >= 11 is 0. The first-order valence-corrected chi connectivity index (χ1v) is 10.9. The minimum absolute atomic E-state index is 0.0880. The summed E-state index contributed by atoms with van der Waals surface area (Å²) in [6, 6.07) is 16.2. The Morgan fingerprint density at radius 3 is 2.58 bits per heavy atom. The third-order valence-electron chi connectivity index (χ3n) is 5.74. The second-order valence-corrected chi connectivity index (χ2v) is 8.00. The van der Waals surface area contributed by atoms with E-state index in [2.05, 4.69) is 43.7 Å². The molecule has 0 radical (unpaired) electrons. The van der Waals surface area contributed by atoms with E-state index in [1.54, 1.807) is 6.92 Å². The predicted molar refractivity (Wildman–Crippen MR) is 121 cm³/mol. The number of ketones is 1. The molecule has 6 nitrogen and oxygen atoms in total. The first-order valence-electron chi connectivity index (χ1n) is 10.9. The highest BCUT2D eigenvalue weighted by molar-refractivity contribution is 5.94. The van der Waals surface area contributed by atoms with E-state index in [0.717, 1.165) is 63.7 Å². The molecule has 0 unspecified atom stereocenters. The zero-order valence-electron chi connectivity index (χ0n) is 18.1.